The number of carbonyl (C=O) groups is 2. The molecule has 1 aliphatic rings. The predicted molar refractivity (Wildman–Crippen MR) is 93.2 cm³/mol. The minimum Gasteiger partial charge on any atom is -0.508 e. The maximum Gasteiger partial charge on any atom is 0.322 e. The molecule has 11 nitrogen and oxygen atoms in total. The smallest absolute Gasteiger partial charge is 0.322 e. The van der Waals surface area contributed by atoms with Crippen LogP contribution in [0, 0.1) is 0 Å². The number of amides is 1. The molecule has 1 heterocycles. The van der Waals surface area contributed by atoms with Crippen molar-refractivity contribution in [2.45, 2.75) is 36.6 Å². The van der Waals surface area contributed by atoms with E-state index in [9.17, 15) is 30.0 Å². The van der Waals surface area contributed by atoms with Crippen molar-refractivity contribution >= 4 is 11.9 Å². The van der Waals surface area contributed by atoms with Gasteiger partial charge in [-0.05, 0) is 24.1 Å². The molecule has 1 aromatic carbocycles. The summed E-state index contributed by atoms with van der Waals surface area (Å²) in [5, 5.41) is 62.3. The first-order valence-corrected chi connectivity index (χ1v) is 8.54. The van der Waals surface area contributed by atoms with Gasteiger partial charge in [0, 0.05) is 0 Å². The Morgan fingerprint density at radius 2 is 1.86 bits per heavy atom. The normalized spacial score (nSPS) is 28.1. The fourth-order valence-corrected chi connectivity index (χ4v) is 2.84. The molecule has 0 aromatic heterocycles. The van der Waals surface area contributed by atoms with Crippen molar-refractivity contribution in [3.63, 3.8) is 0 Å². The molecule has 0 bridgehead atoms. The molecule has 5 atom stereocenters. The highest BCUT2D eigenvalue weighted by Gasteiger charge is 2.53. The van der Waals surface area contributed by atoms with Crippen LogP contribution in [-0.4, -0.2) is 92.4 Å². The van der Waals surface area contributed by atoms with Crippen LogP contribution in [-0.2, 0) is 20.7 Å². The Morgan fingerprint density at radius 1 is 1.21 bits per heavy atom. The number of aliphatic hydroxyl groups excluding tert-OH is 3. The van der Waals surface area contributed by atoms with E-state index in [4.69, 9.17) is 14.9 Å². The quantitative estimate of drug-likeness (QED) is 0.211. The molecule has 1 amide bonds. The summed E-state index contributed by atoms with van der Waals surface area (Å²) >= 11 is 0. The number of carboxylic acids is 1. The van der Waals surface area contributed by atoms with Gasteiger partial charge in [0.15, 0.2) is 0 Å². The highest BCUT2D eigenvalue weighted by molar-refractivity contribution is 5.85. The molecule has 11 heteroatoms. The van der Waals surface area contributed by atoms with Gasteiger partial charge in [-0.3, -0.25) is 9.59 Å². The Balaban J connectivity index is 2.09. The fourth-order valence-electron chi connectivity index (χ4n) is 2.84. The zero-order chi connectivity index (χ0) is 20.9. The summed E-state index contributed by atoms with van der Waals surface area (Å²) in [7, 11) is 0. The molecular formula is C17H24N2O9. The second-order valence-corrected chi connectivity index (χ2v) is 6.53. The molecule has 28 heavy (non-hydrogen) atoms. The Morgan fingerprint density at radius 3 is 2.39 bits per heavy atom. The van der Waals surface area contributed by atoms with E-state index in [1.807, 2.05) is 0 Å². The molecule has 1 fully saturated rings. The maximum absolute atomic E-state index is 12.3. The number of carboxylic acid groups (broad SMARTS) is 1. The first kappa shape index (κ1) is 22.0. The van der Waals surface area contributed by atoms with Crippen molar-refractivity contribution in [2.24, 2.45) is 0 Å². The first-order valence-electron chi connectivity index (χ1n) is 8.54. The van der Waals surface area contributed by atoms with Crippen LogP contribution < -0.4 is 10.6 Å². The highest BCUT2D eigenvalue weighted by atomic mass is 16.7. The standard InChI is InChI=1S/C17H24N2O9/c20-7-12-14(24)15(25)17(27,28-12)8-19-11(16(26)18-6-13(22)23)5-9-1-3-10(21)4-2-9/h1-4,11-12,14-15,19-21,24-25,27H,5-8H2,(H,18,26)(H,22,23)/t11-,12+,14+,15-,17+/m0/s1. The topological polar surface area (TPSA) is 189 Å². The van der Waals surface area contributed by atoms with Crippen molar-refractivity contribution < 1.29 is 45.0 Å². The van der Waals surface area contributed by atoms with Crippen LogP contribution >= 0.6 is 0 Å². The van der Waals surface area contributed by atoms with Gasteiger partial charge in [0.25, 0.3) is 0 Å². The van der Waals surface area contributed by atoms with E-state index in [0.717, 1.165) is 0 Å². The summed E-state index contributed by atoms with van der Waals surface area (Å²) in [4.78, 5) is 23.0. The van der Waals surface area contributed by atoms with Gasteiger partial charge in [0.1, 0.15) is 30.6 Å². The number of phenolic OH excluding ortho intramolecular Hbond substituents is 1. The molecule has 2 rings (SSSR count). The molecule has 0 aliphatic carbocycles. The largest absolute Gasteiger partial charge is 0.508 e. The Labute approximate surface area is 160 Å². The van der Waals surface area contributed by atoms with Crippen LogP contribution in [0.2, 0.25) is 0 Å². The fraction of sp³-hybridized carbons (Fsp3) is 0.529. The van der Waals surface area contributed by atoms with Crippen molar-refractivity contribution in [2.75, 3.05) is 19.7 Å². The first-order chi connectivity index (χ1) is 13.2. The van der Waals surface area contributed by atoms with E-state index in [-0.39, 0.29) is 12.2 Å². The van der Waals surface area contributed by atoms with E-state index in [0.29, 0.717) is 5.56 Å². The molecule has 0 radical (unpaired) electrons. The Bertz CT molecular complexity index is 684. The van der Waals surface area contributed by atoms with Gasteiger partial charge in [-0.1, -0.05) is 12.1 Å². The van der Waals surface area contributed by atoms with E-state index in [1.165, 1.54) is 12.1 Å². The number of benzene rings is 1. The number of aliphatic hydroxyl groups is 4. The lowest BCUT2D eigenvalue weighted by atomic mass is 10.0. The second-order valence-electron chi connectivity index (χ2n) is 6.53. The number of hydrogen-bond acceptors (Lipinski definition) is 9. The Hall–Kier alpha value is -2.28. The van der Waals surface area contributed by atoms with Crippen molar-refractivity contribution in [3.05, 3.63) is 29.8 Å². The van der Waals surface area contributed by atoms with Gasteiger partial charge in [0.05, 0.1) is 19.2 Å². The molecule has 1 aromatic rings. The van der Waals surface area contributed by atoms with E-state index in [2.05, 4.69) is 10.6 Å². The van der Waals surface area contributed by atoms with Gasteiger partial charge in [-0.15, -0.1) is 0 Å². The van der Waals surface area contributed by atoms with Gasteiger partial charge in [0.2, 0.25) is 11.7 Å². The molecule has 0 spiro atoms. The zero-order valence-corrected chi connectivity index (χ0v) is 14.9. The van der Waals surface area contributed by atoms with Gasteiger partial charge >= 0.3 is 5.97 Å². The summed E-state index contributed by atoms with van der Waals surface area (Å²) < 4.78 is 5.10. The minimum atomic E-state index is -2.26. The van der Waals surface area contributed by atoms with Crippen LogP contribution in [0.25, 0.3) is 0 Å². The van der Waals surface area contributed by atoms with Gasteiger partial charge in [-0.25, -0.2) is 0 Å². The molecular weight excluding hydrogens is 376 g/mol. The third kappa shape index (κ3) is 5.38. The van der Waals surface area contributed by atoms with Crippen LogP contribution in [0.3, 0.4) is 0 Å². The average Bonchev–Trinajstić information content (AvgIpc) is 2.88. The van der Waals surface area contributed by atoms with Crippen LogP contribution in [0.5, 0.6) is 5.75 Å². The number of phenols is 1. The number of aromatic hydroxyl groups is 1. The van der Waals surface area contributed by atoms with E-state index in [1.54, 1.807) is 12.1 Å². The lowest BCUT2D eigenvalue weighted by Gasteiger charge is -2.28. The number of ether oxygens (including phenoxy) is 1. The summed E-state index contributed by atoms with van der Waals surface area (Å²) in [6.45, 7) is -1.72. The van der Waals surface area contributed by atoms with Crippen molar-refractivity contribution in [1.29, 1.82) is 0 Å². The zero-order valence-electron chi connectivity index (χ0n) is 14.9. The van der Waals surface area contributed by atoms with Crippen molar-refractivity contribution in [3.8, 4) is 5.75 Å². The molecule has 0 saturated carbocycles. The number of nitrogens with one attached hydrogen (secondary N) is 2. The average molecular weight is 400 g/mol. The summed E-state index contributed by atoms with van der Waals surface area (Å²) in [5.41, 5.74) is 0.633. The molecule has 0 unspecified atom stereocenters. The Kier molecular flexibility index (Phi) is 7.29. The van der Waals surface area contributed by atoms with Gasteiger partial charge < -0.3 is 46.0 Å². The highest BCUT2D eigenvalue weighted by Crippen LogP contribution is 2.28. The summed E-state index contributed by atoms with van der Waals surface area (Å²) in [5.74, 6) is -4.14. The van der Waals surface area contributed by atoms with Crippen molar-refractivity contribution in [1.82, 2.24) is 10.6 Å². The number of rotatable bonds is 9. The third-order valence-corrected chi connectivity index (χ3v) is 4.41. The second kappa shape index (κ2) is 9.28. The molecule has 1 aliphatic heterocycles. The predicted octanol–water partition coefficient (Wildman–Crippen LogP) is -3.10. The van der Waals surface area contributed by atoms with Crippen LogP contribution in [0.1, 0.15) is 5.56 Å². The minimum absolute atomic E-state index is 0.0319. The third-order valence-electron chi connectivity index (χ3n) is 4.41. The molecule has 1 saturated heterocycles. The van der Waals surface area contributed by atoms with Crippen LogP contribution in [0.15, 0.2) is 24.3 Å². The number of hydrogen-bond donors (Lipinski definition) is 8. The molecule has 156 valence electrons. The van der Waals surface area contributed by atoms with Crippen LogP contribution in [0.4, 0.5) is 0 Å². The summed E-state index contributed by atoms with van der Waals surface area (Å²) in [6.07, 6.45) is -4.37. The van der Waals surface area contributed by atoms with E-state index < -0.39 is 61.7 Å². The number of carbonyl (C=O) groups excluding carboxylic acids is 1. The number of aliphatic carboxylic acids is 1. The lowest BCUT2D eigenvalue weighted by Crippen LogP contribution is -2.56. The SMILES string of the molecule is O=C(O)CNC(=O)[C@H](Cc1ccc(O)cc1)NC[C@@]1(O)O[C@H](CO)[C@@H](O)[C@@H]1O. The summed E-state index contributed by atoms with van der Waals surface area (Å²) in [6, 6.07) is 4.95. The monoisotopic (exact) mass is 400 g/mol. The van der Waals surface area contributed by atoms with Gasteiger partial charge in [-0.2, -0.15) is 0 Å². The maximum atomic E-state index is 12.3. The van der Waals surface area contributed by atoms with E-state index >= 15 is 0 Å². The molecule has 8 N–H and O–H groups in total. The lowest BCUT2D eigenvalue weighted by molar-refractivity contribution is -0.227.